The molecule has 0 bridgehead atoms. The molecule has 156 valence electrons. The topological polar surface area (TPSA) is 84.7 Å². The highest BCUT2D eigenvalue weighted by atomic mass is 19.4. The maximum absolute atomic E-state index is 13.0. The summed E-state index contributed by atoms with van der Waals surface area (Å²) in [6.45, 7) is 2.89. The molecule has 1 saturated heterocycles. The lowest BCUT2D eigenvalue weighted by atomic mass is 10.1. The number of anilines is 1. The van der Waals surface area contributed by atoms with Gasteiger partial charge in [-0.15, -0.1) is 0 Å². The summed E-state index contributed by atoms with van der Waals surface area (Å²) in [5.41, 5.74) is -0.496. The summed E-state index contributed by atoms with van der Waals surface area (Å²) in [5, 5.41) is 13.6. The van der Waals surface area contributed by atoms with E-state index in [1.807, 2.05) is 30.3 Å². The lowest BCUT2D eigenvalue weighted by molar-refractivity contribution is -0.385. The average Bonchev–Trinajstić information content (AvgIpc) is 2.73. The van der Waals surface area contributed by atoms with Crippen LogP contribution in [0.1, 0.15) is 11.1 Å². The number of hydrogen-bond donors (Lipinski definition) is 1. The van der Waals surface area contributed by atoms with Gasteiger partial charge >= 0.3 is 6.18 Å². The molecule has 1 aliphatic rings. The minimum absolute atomic E-state index is 0.000370. The molecule has 2 aromatic carbocycles. The number of ether oxygens (including phenoxy) is 1. The summed E-state index contributed by atoms with van der Waals surface area (Å²) in [6, 6.07) is 12.4. The highest BCUT2D eigenvalue weighted by molar-refractivity contribution is 5.59. The molecule has 1 aliphatic heterocycles. The Morgan fingerprint density at radius 2 is 1.79 bits per heavy atom. The van der Waals surface area contributed by atoms with E-state index in [0.717, 1.165) is 11.6 Å². The second kappa shape index (κ2) is 10.4. The molecule has 2 aromatic rings. The standard InChI is InChI=1S/C11H12F3N3O2.C8H8O2/c12-11(13,14)9-7-8(17(18)19)1-2-10(9)16-5-3-15-4-6-16;9-7-10-6-8-4-2-1-3-5-8/h1-2,7,15H,3-6H2;1-5,7H,6H2. The molecule has 0 aliphatic carbocycles. The number of carbonyl (C=O) groups is 1. The summed E-state index contributed by atoms with van der Waals surface area (Å²) < 4.78 is 43.5. The van der Waals surface area contributed by atoms with Crippen LogP contribution in [0.15, 0.2) is 48.5 Å². The van der Waals surface area contributed by atoms with Gasteiger partial charge in [0, 0.05) is 44.0 Å². The maximum atomic E-state index is 13.0. The first-order valence-electron chi connectivity index (χ1n) is 8.73. The van der Waals surface area contributed by atoms with Crippen LogP contribution >= 0.6 is 0 Å². The van der Waals surface area contributed by atoms with Gasteiger partial charge in [-0.25, -0.2) is 0 Å². The zero-order valence-corrected chi connectivity index (χ0v) is 15.4. The highest BCUT2D eigenvalue weighted by Gasteiger charge is 2.36. The average molecular weight is 411 g/mol. The molecule has 10 heteroatoms. The number of benzene rings is 2. The molecule has 0 spiro atoms. The molecule has 0 aromatic heterocycles. The molecule has 1 fully saturated rings. The summed E-state index contributed by atoms with van der Waals surface area (Å²) in [4.78, 5) is 21.1. The lowest BCUT2D eigenvalue weighted by Gasteiger charge is -2.31. The SMILES string of the molecule is O=COCc1ccccc1.O=[N+]([O-])c1ccc(N2CCNCC2)c(C(F)(F)F)c1. The third-order valence-corrected chi connectivity index (χ3v) is 4.11. The fourth-order valence-corrected chi connectivity index (χ4v) is 2.75. The number of carbonyl (C=O) groups excluding carboxylic acids is 1. The first-order valence-corrected chi connectivity index (χ1v) is 8.73. The number of nitro benzene ring substituents is 1. The Hall–Kier alpha value is -3.14. The summed E-state index contributed by atoms with van der Waals surface area (Å²) in [6.07, 6.45) is -4.60. The van der Waals surface area contributed by atoms with Crippen molar-refractivity contribution in [2.45, 2.75) is 12.8 Å². The van der Waals surface area contributed by atoms with Crippen molar-refractivity contribution in [1.29, 1.82) is 0 Å². The second-order valence-electron chi connectivity index (χ2n) is 6.09. The normalized spacial score (nSPS) is 13.8. The van der Waals surface area contributed by atoms with Gasteiger partial charge in [-0.1, -0.05) is 30.3 Å². The van der Waals surface area contributed by atoms with Crippen molar-refractivity contribution >= 4 is 17.8 Å². The molecule has 0 amide bonds. The van der Waals surface area contributed by atoms with Crippen molar-refractivity contribution in [2.24, 2.45) is 0 Å². The Morgan fingerprint density at radius 1 is 1.14 bits per heavy atom. The van der Waals surface area contributed by atoms with Gasteiger partial charge in [0.1, 0.15) is 6.61 Å². The molecule has 29 heavy (non-hydrogen) atoms. The number of nitrogens with one attached hydrogen (secondary N) is 1. The molecular weight excluding hydrogens is 391 g/mol. The Morgan fingerprint density at radius 3 is 2.34 bits per heavy atom. The van der Waals surface area contributed by atoms with Gasteiger partial charge in [-0.3, -0.25) is 14.9 Å². The number of nitro groups is 1. The van der Waals surface area contributed by atoms with Crippen molar-refractivity contribution in [3.63, 3.8) is 0 Å². The molecule has 0 radical (unpaired) electrons. The predicted octanol–water partition coefficient (Wildman–Crippen LogP) is 3.38. The molecule has 3 rings (SSSR count). The van der Waals surface area contributed by atoms with Crippen molar-refractivity contribution in [3.05, 3.63) is 69.8 Å². The molecule has 0 atom stereocenters. The largest absolute Gasteiger partial charge is 0.463 e. The third-order valence-electron chi connectivity index (χ3n) is 4.11. The van der Waals surface area contributed by atoms with Crippen molar-refractivity contribution < 1.29 is 27.6 Å². The summed E-state index contributed by atoms with van der Waals surface area (Å²) in [5.74, 6) is 0. The number of alkyl halides is 3. The van der Waals surface area contributed by atoms with Gasteiger partial charge in [-0.05, 0) is 11.6 Å². The zero-order valence-electron chi connectivity index (χ0n) is 15.4. The fourth-order valence-electron chi connectivity index (χ4n) is 2.75. The smallest absolute Gasteiger partial charge is 0.418 e. The van der Waals surface area contributed by atoms with Crippen molar-refractivity contribution in [2.75, 3.05) is 31.1 Å². The number of non-ortho nitro benzene ring substituents is 1. The lowest BCUT2D eigenvalue weighted by Crippen LogP contribution is -2.44. The summed E-state index contributed by atoms with van der Waals surface area (Å²) in [7, 11) is 0. The minimum atomic E-state index is -4.60. The van der Waals surface area contributed by atoms with Crippen LogP contribution in [0.2, 0.25) is 0 Å². The molecular formula is C19H20F3N3O4. The number of halogens is 3. The van der Waals surface area contributed by atoms with E-state index < -0.39 is 22.4 Å². The Labute approximate surface area is 165 Å². The van der Waals surface area contributed by atoms with Gasteiger partial charge in [0.15, 0.2) is 0 Å². The van der Waals surface area contributed by atoms with E-state index in [4.69, 9.17) is 0 Å². The fraction of sp³-hybridized carbons (Fsp3) is 0.316. The van der Waals surface area contributed by atoms with E-state index in [1.165, 1.54) is 6.07 Å². The van der Waals surface area contributed by atoms with Crippen molar-refractivity contribution in [1.82, 2.24) is 5.32 Å². The van der Waals surface area contributed by atoms with E-state index in [9.17, 15) is 28.1 Å². The molecule has 1 N–H and O–H groups in total. The van der Waals surface area contributed by atoms with Crippen LogP contribution < -0.4 is 10.2 Å². The van der Waals surface area contributed by atoms with Gasteiger partial charge in [-0.2, -0.15) is 13.2 Å². The predicted molar refractivity (Wildman–Crippen MR) is 100 cm³/mol. The molecule has 0 saturated carbocycles. The Kier molecular flexibility index (Phi) is 7.96. The van der Waals surface area contributed by atoms with Gasteiger partial charge in [0.2, 0.25) is 0 Å². The van der Waals surface area contributed by atoms with Crippen LogP contribution in [-0.2, 0) is 22.3 Å². The van der Waals surface area contributed by atoms with Crippen LogP contribution in [0, 0.1) is 10.1 Å². The van der Waals surface area contributed by atoms with Crippen LogP contribution in [0.3, 0.4) is 0 Å². The van der Waals surface area contributed by atoms with Gasteiger partial charge < -0.3 is 15.0 Å². The Bertz CT molecular complexity index is 810. The number of rotatable bonds is 5. The first-order chi connectivity index (χ1) is 13.8. The minimum Gasteiger partial charge on any atom is -0.463 e. The quantitative estimate of drug-likeness (QED) is 0.461. The number of nitrogens with zero attached hydrogens (tertiary/aromatic N) is 2. The van der Waals surface area contributed by atoms with Crippen LogP contribution in [0.4, 0.5) is 24.5 Å². The summed E-state index contributed by atoms with van der Waals surface area (Å²) >= 11 is 0. The van der Waals surface area contributed by atoms with Crippen LogP contribution in [0.25, 0.3) is 0 Å². The molecule has 0 unspecified atom stereocenters. The van der Waals surface area contributed by atoms with Crippen molar-refractivity contribution in [3.8, 4) is 0 Å². The van der Waals surface area contributed by atoms with Crippen LogP contribution in [-0.4, -0.2) is 37.6 Å². The third kappa shape index (κ3) is 6.75. The van der Waals surface area contributed by atoms with Gasteiger partial charge in [0.25, 0.3) is 12.2 Å². The number of piperazine rings is 1. The zero-order chi connectivity index (χ0) is 21.3. The highest BCUT2D eigenvalue weighted by Crippen LogP contribution is 2.38. The molecule has 7 nitrogen and oxygen atoms in total. The van der Waals surface area contributed by atoms with E-state index in [-0.39, 0.29) is 5.69 Å². The van der Waals surface area contributed by atoms with Gasteiger partial charge in [0.05, 0.1) is 10.5 Å². The maximum Gasteiger partial charge on any atom is 0.418 e. The van der Waals surface area contributed by atoms with E-state index in [2.05, 4.69) is 10.1 Å². The van der Waals surface area contributed by atoms with E-state index in [1.54, 1.807) is 4.90 Å². The number of hydrogen-bond acceptors (Lipinski definition) is 6. The van der Waals surface area contributed by atoms with E-state index in [0.29, 0.717) is 45.3 Å². The monoisotopic (exact) mass is 411 g/mol. The first kappa shape index (κ1) is 22.2. The molecule has 1 heterocycles. The van der Waals surface area contributed by atoms with E-state index >= 15 is 0 Å². The van der Waals surface area contributed by atoms with Crippen LogP contribution in [0.5, 0.6) is 0 Å². The Balaban J connectivity index is 0.000000253. The second-order valence-corrected chi connectivity index (χ2v) is 6.09.